The van der Waals surface area contributed by atoms with Crippen LogP contribution in [0, 0.1) is 0 Å². The largest absolute Gasteiger partial charge is 0.380 e. The Morgan fingerprint density at radius 2 is 2.18 bits per heavy atom. The van der Waals surface area contributed by atoms with E-state index in [1.54, 1.807) is 18.2 Å². The van der Waals surface area contributed by atoms with Gasteiger partial charge in [0.1, 0.15) is 0 Å². The zero-order chi connectivity index (χ0) is 12.6. The van der Waals surface area contributed by atoms with Gasteiger partial charge >= 0.3 is 0 Å². The smallest absolute Gasteiger partial charge is 0.185 e. The molecule has 0 bridgehead atoms. The van der Waals surface area contributed by atoms with Crippen molar-refractivity contribution in [1.82, 2.24) is 0 Å². The SMILES string of the molecule is CC1Nc2cc(Br)ccc2S(=O)(=O)C1CCN. The highest BCUT2D eigenvalue weighted by Gasteiger charge is 2.37. The highest BCUT2D eigenvalue weighted by Crippen LogP contribution is 2.35. The van der Waals surface area contributed by atoms with E-state index in [1.807, 2.05) is 6.92 Å². The van der Waals surface area contributed by atoms with E-state index in [2.05, 4.69) is 21.2 Å². The molecule has 0 aromatic heterocycles. The molecule has 2 unspecified atom stereocenters. The highest BCUT2D eigenvalue weighted by atomic mass is 79.9. The van der Waals surface area contributed by atoms with Crippen molar-refractivity contribution in [1.29, 1.82) is 0 Å². The van der Waals surface area contributed by atoms with Crippen LogP contribution in [-0.4, -0.2) is 26.3 Å². The molecule has 0 spiro atoms. The second-order valence-electron chi connectivity index (χ2n) is 4.23. The summed E-state index contributed by atoms with van der Waals surface area (Å²) in [5, 5.41) is 2.78. The van der Waals surface area contributed by atoms with Crippen molar-refractivity contribution in [2.24, 2.45) is 5.73 Å². The maximum atomic E-state index is 12.4. The van der Waals surface area contributed by atoms with E-state index < -0.39 is 15.1 Å². The van der Waals surface area contributed by atoms with Gasteiger partial charge in [-0.3, -0.25) is 0 Å². The summed E-state index contributed by atoms with van der Waals surface area (Å²) < 4.78 is 25.7. The van der Waals surface area contributed by atoms with Gasteiger partial charge in [0.2, 0.25) is 0 Å². The molecule has 17 heavy (non-hydrogen) atoms. The first kappa shape index (κ1) is 12.9. The van der Waals surface area contributed by atoms with Crippen molar-refractivity contribution in [3.05, 3.63) is 22.7 Å². The molecule has 0 radical (unpaired) electrons. The van der Waals surface area contributed by atoms with Crippen molar-refractivity contribution in [3.63, 3.8) is 0 Å². The first-order chi connectivity index (χ1) is 7.96. The third-order valence-electron chi connectivity index (χ3n) is 3.04. The number of rotatable bonds is 2. The molecule has 1 aromatic rings. The van der Waals surface area contributed by atoms with Gasteiger partial charge in [0, 0.05) is 10.5 Å². The third-order valence-corrected chi connectivity index (χ3v) is 5.94. The van der Waals surface area contributed by atoms with Gasteiger partial charge in [-0.1, -0.05) is 15.9 Å². The molecular formula is C11H15BrN2O2S. The normalized spacial score (nSPS) is 26.1. The molecule has 2 atom stereocenters. The molecule has 1 aliphatic rings. The Hall–Kier alpha value is -0.590. The summed E-state index contributed by atoms with van der Waals surface area (Å²) >= 11 is 3.34. The average Bonchev–Trinajstić information content (AvgIpc) is 2.23. The number of sulfone groups is 1. The van der Waals surface area contributed by atoms with E-state index in [9.17, 15) is 8.42 Å². The molecule has 0 aliphatic carbocycles. The van der Waals surface area contributed by atoms with Crippen LogP contribution >= 0.6 is 15.9 Å². The molecule has 0 fully saturated rings. The standard InChI is InChI=1S/C11H15BrN2O2S/c1-7-10(4-5-13)17(15,16)11-3-2-8(12)6-9(11)14-7/h2-3,6-7,10,14H,4-5,13H2,1H3. The van der Waals surface area contributed by atoms with Crippen LogP contribution in [0.1, 0.15) is 13.3 Å². The first-order valence-electron chi connectivity index (χ1n) is 5.47. The molecule has 94 valence electrons. The Morgan fingerprint density at radius 3 is 2.82 bits per heavy atom. The van der Waals surface area contributed by atoms with Crippen LogP contribution < -0.4 is 11.1 Å². The van der Waals surface area contributed by atoms with Crippen LogP contribution in [0.3, 0.4) is 0 Å². The zero-order valence-electron chi connectivity index (χ0n) is 9.48. The minimum absolute atomic E-state index is 0.120. The Bertz CT molecular complexity index is 530. The third kappa shape index (κ3) is 2.21. The number of nitrogens with two attached hydrogens (primary N) is 1. The van der Waals surface area contributed by atoms with Gasteiger partial charge in [-0.15, -0.1) is 0 Å². The van der Waals surface area contributed by atoms with E-state index in [-0.39, 0.29) is 6.04 Å². The Morgan fingerprint density at radius 1 is 1.47 bits per heavy atom. The number of nitrogens with one attached hydrogen (secondary N) is 1. The van der Waals surface area contributed by atoms with Crippen LogP contribution in [-0.2, 0) is 9.84 Å². The number of anilines is 1. The number of hydrogen-bond acceptors (Lipinski definition) is 4. The molecule has 3 N–H and O–H groups in total. The van der Waals surface area contributed by atoms with Crippen molar-refractivity contribution in [2.75, 3.05) is 11.9 Å². The summed E-state index contributed by atoms with van der Waals surface area (Å²) in [7, 11) is -3.27. The molecule has 1 heterocycles. The second-order valence-corrected chi connectivity index (χ2v) is 7.29. The first-order valence-corrected chi connectivity index (χ1v) is 7.81. The molecule has 2 rings (SSSR count). The van der Waals surface area contributed by atoms with E-state index in [1.165, 1.54) is 0 Å². The number of hydrogen-bond donors (Lipinski definition) is 2. The minimum atomic E-state index is -3.27. The topological polar surface area (TPSA) is 72.2 Å². The number of benzene rings is 1. The van der Waals surface area contributed by atoms with Gasteiger partial charge in [0.25, 0.3) is 0 Å². The van der Waals surface area contributed by atoms with E-state index >= 15 is 0 Å². The molecular weight excluding hydrogens is 304 g/mol. The monoisotopic (exact) mass is 318 g/mol. The van der Waals surface area contributed by atoms with Crippen molar-refractivity contribution < 1.29 is 8.42 Å². The lowest BCUT2D eigenvalue weighted by Gasteiger charge is -2.32. The minimum Gasteiger partial charge on any atom is -0.380 e. The zero-order valence-corrected chi connectivity index (χ0v) is 11.9. The summed E-state index contributed by atoms with van der Waals surface area (Å²) in [5.41, 5.74) is 6.15. The molecule has 4 nitrogen and oxygen atoms in total. The Kier molecular flexibility index (Phi) is 3.47. The molecule has 0 saturated carbocycles. The summed E-state index contributed by atoms with van der Waals surface area (Å²) in [5.74, 6) is 0. The van der Waals surface area contributed by atoms with Crippen LogP contribution in [0.5, 0.6) is 0 Å². The number of halogens is 1. The molecule has 1 aromatic carbocycles. The summed E-state index contributed by atoms with van der Waals surface area (Å²) in [6.45, 7) is 2.25. The van der Waals surface area contributed by atoms with Crippen LogP contribution in [0.15, 0.2) is 27.6 Å². The van der Waals surface area contributed by atoms with Crippen molar-refractivity contribution in [3.8, 4) is 0 Å². The molecule has 1 aliphatic heterocycles. The Balaban J connectivity index is 2.54. The van der Waals surface area contributed by atoms with Gasteiger partial charge in [0.15, 0.2) is 9.84 Å². The van der Waals surface area contributed by atoms with Crippen LogP contribution in [0.25, 0.3) is 0 Å². The van der Waals surface area contributed by atoms with Gasteiger partial charge in [0.05, 0.1) is 15.8 Å². The number of fused-ring (bicyclic) bond motifs is 1. The summed E-state index contributed by atoms with van der Waals surface area (Å²) in [6.07, 6.45) is 0.478. The predicted molar refractivity (Wildman–Crippen MR) is 71.9 cm³/mol. The van der Waals surface area contributed by atoms with Gasteiger partial charge in [-0.2, -0.15) is 0 Å². The van der Waals surface area contributed by atoms with E-state index in [4.69, 9.17) is 5.73 Å². The lowest BCUT2D eigenvalue weighted by Crippen LogP contribution is -2.43. The lowest BCUT2D eigenvalue weighted by molar-refractivity contribution is 0.548. The second kappa shape index (κ2) is 4.59. The molecule has 0 amide bonds. The fourth-order valence-corrected chi connectivity index (χ4v) is 4.62. The maximum absolute atomic E-state index is 12.4. The van der Waals surface area contributed by atoms with Crippen molar-refractivity contribution >= 4 is 31.5 Å². The van der Waals surface area contributed by atoms with E-state index in [0.29, 0.717) is 23.5 Å². The summed E-state index contributed by atoms with van der Waals surface area (Å²) in [4.78, 5) is 0.372. The van der Waals surface area contributed by atoms with Gasteiger partial charge in [-0.25, -0.2) is 8.42 Å². The molecule has 6 heteroatoms. The fraction of sp³-hybridized carbons (Fsp3) is 0.455. The van der Waals surface area contributed by atoms with Crippen molar-refractivity contribution in [2.45, 2.75) is 29.5 Å². The highest BCUT2D eigenvalue weighted by molar-refractivity contribution is 9.10. The summed E-state index contributed by atoms with van der Waals surface area (Å²) in [6, 6.07) is 5.05. The lowest BCUT2D eigenvalue weighted by atomic mass is 10.1. The maximum Gasteiger partial charge on any atom is 0.185 e. The van der Waals surface area contributed by atoms with Crippen LogP contribution in [0.4, 0.5) is 5.69 Å². The van der Waals surface area contributed by atoms with Gasteiger partial charge < -0.3 is 11.1 Å². The van der Waals surface area contributed by atoms with E-state index in [0.717, 1.165) is 4.47 Å². The Labute approximate surface area is 110 Å². The quantitative estimate of drug-likeness (QED) is 0.871. The molecule has 0 saturated heterocycles. The van der Waals surface area contributed by atoms with Gasteiger partial charge in [-0.05, 0) is 38.1 Å². The fourth-order valence-electron chi connectivity index (χ4n) is 2.20. The average molecular weight is 319 g/mol. The predicted octanol–water partition coefficient (Wildman–Crippen LogP) is 1.75. The van der Waals surface area contributed by atoms with Crippen LogP contribution in [0.2, 0.25) is 0 Å².